The van der Waals surface area contributed by atoms with E-state index in [2.05, 4.69) is 0 Å². The molecule has 6 heteroatoms. The summed E-state index contributed by atoms with van der Waals surface area (Å²) in [5.41, 5.74) is 0.0664. The number of halogens is 1. The van der Waals surface area contributed by atoms with Gasteiger partial charge in [0.2, 0.25) is 0 Å². The maximum Gasteiger partial charge on any atom is 0.343 e. The summed E-state index contributed by atoms with van der Waals surface area (Å²) in [6, 6.07) is 11.0. The summed E-state index contributed by atoms with van der Waals surface area (Å²) in [4.78, 5) is 23.5. The van der Waals surface area contributed by atoms with Gasteiger partial charge in [-0.2, -0.15) is 5.26 Å². The molecule has 0 atom stereocenters. The van der Waals surface area contributed by atoms with Crippen LogP contribution in [0, 0.1) is 17.1 Å². The average Bonchev–Trinajstić information content (AvgIpc) is 2.60. The third-order valence-corrected chi connectivity index (χ3v) is 3.07. The average molecular weight is 339 g/mol. The minimum Gasteiger partial charge on any atom is -0.423 e. The van der Waals surface area contributed by atoms with Gasteiger partial charge in [0.1, 0.15) is 23.4 Å². The van der Waals surface area contributed by atoms with E-state index in [-0.39, 0.29) is 22.6 Å². The third kappa shape index (κ3) is 5.01. The Bertz CT molecular complexity index is 851. The summed E-state index contributed by atoms with van der Waals surface area (Å²) in [5, 5.41) is 8.67. The highest BCUT2D eigenvalue weighted by Crippen LogP contribution is 2.19. The minimum absolute atomic E-state index is 0.0123. The Kier molecular flexibility index (Phi) is 6.02. The van der Waals surface area contributed by atoms with Crippen LogP contribution in [0.2, 0.25) is 0 Å². The molecule has 0 heterocycles. The van der Waals surface area contributed by atoms with Crippen molar-refractivity contribution in [2.45, 2.75) is 13.3 Å². The summed E-state index contributed by atoms with van der Waals surface area (Å²) in [6.45, 7) is 1.89. The van der Waals surface area contributed by atoms with Crippen molar-refractivity contribution in [2.24, 2.45) is 0 Å². The van der Waals surface area contributed by atoms with Crippen LogP contribution in [0.15, 0.2) is 54.6 Å². The molecule has 126 valence electrons. The normalized spacial score (nSPS) is 10.3. The molecule has 0 radical (unpaired) electrons. The van der Waals surface area contributed by atoms with Gasteiger partial charge in [0.25, 0.3) is 0 Å². The van der Waals surface area contributed by atoms with Crippen LogP contribution in [0.4, 0.5) is 4.39 Å². The van der Waals surface area contributed by atoms with Crippen LogP contribution >= 0.6 is 0 Å². The molecule has 25 heavy (non-hydrogen) atoms. The molecular weight excluding hydrogens is 325 g/mol. The summed E-state index contributed by atoms with van der Waals surface area (Å²) in [6.07, 6.45) is 3.71. The SMILES string of the molecule is CCC=CC(=O)Oc1ccc(C(=O)Oc2ccc(C#N)c(F)c2)cc1. The van der Waals surface area contributed by atoms with Crippen LogP contribution in [0.25, 0.3) is 0 Å². The molecule has 0 unspecified atom stereocenters. The number of benzene rings is 2. The molecule has 2 aromatic rings. The molecule has 0 bridgehead atoms. The van der Waals surface area contributed by atoms with Gasteiger partial charge in [0, 0.05) is 12.1 Å². The Morgan fingerprint density at radius 1 is 1.12 bits per heavy atom. The van der Waals surface area contributed by atoms with Gasteiger partial charge in [-0.3, -0.25) is 0 Å². The van der Waals surface area contributed by atoms with E-state index in [1.807, 2.05) is 6.92 Å². The second-order valence-electron chi connectivity index (χ2n) is 4.90. The summed E-state index contributed by atoms with van der Waals surface area (Å²) in [7, 11) is 0. The number of nitrogens with zero attached hydrogens (tertiary/aromatic N) is 1. The molecule has 0 spiro atoms. The van der Waals surface area contributed by atoms with Crippen LogP contribution in [-0.2, 0) is 4.79 Å². The van der Waals surface area contributed by atoms with Crippen molar-refractivity contribution in [1.82, 2.24) is 0 Å². The second-order valence-corrected chi connectivity index (χ2v) is 4.90. The molecule has 0 amide bonds. The maximum atomic E-state index is 13.5. The second kappa shape index (κ2) is 8.41. The van der Waals surface area contributed by atoms with Gasteiger partial charge < -0.3 is 9.47 Å². The number of rotatable bonds is 5. The zero-order valence-corrected chi connectivity index (χ0v) is 13.4. The number of ether oxygens (including phenoxy) is 2. The van der Waals surface area contributed by atoms with Gasteiger partial charge >= 0.3 is 11.9 Å². The first-order chi connectivity index (χ1) is 12.0. The van der Waals surface area contributed by atoms with E-state index in [1.165, 1.54) is 42.5 Å². The van der Waals surface area contributed by atoms with Crippen molar-refractivity contribution in [3.63, 3.8) is 0 Å². The van der Waals surface area contributed by atoms with E-state index in [0.29, 0.717) is 0 Å². The first-order valence-corrected chi connectivity index (χ1v) is 7.43. The van der Waals surface area contributed by atoms with Crippen molar-refractivity contribution in [3.8, 4) is 17.6 Å². The standard InChI is InChI=1S/C19H14FNO4/c1-2-3-4-18(22)24-15-8-5-13(6-9-15)19(23)25-16-10-7-14(12-21)17(20)11-16/h3-11H,2H2,1H3. The van der Waals surface area contributed by atoms with Gasteiger partial charge in [-0.25, -0.2) is 14.0 Å². The van der Waals surface area contributed by atoms with Gasteiger partial charge in [-0.05, 0) is 42.8 Å². The highest BCUT2D eigenvalue weighted by Gasteiger charge is 2.11. The van der Waals surface area contributed by atoms with E-state index >= 15 is 0 Å². The number of allylic oxidation sites excluding steroid dienone is 1. The first-order valence-electron chi connectivity index (χ1n) is 7.43. The number of hydrogen-bond donors (Lipinski definition) is 0. The summed E-state index contributed by atoms with van der Waals surface area (Å²) < 4.78 is 23.6. The predicted octanol–water partition coefficient (Wildman–Crippen LogP) is 3.79. The van der Waals surface area contributed by atoms with Crippen molar-refractivity contribution in [2.75, 3.05) is 0 Å². The number of nitriles is 1. The fraction of sp³-hybridized carbons (Fsp3) is 0.105. The Morgan fingerprint density at radius 3 is 2.40 bits per heavy atom. The van der Waals surface area contributed by atoms with Crippen molar-refractivity contribution < 1.29 is 23.5 Å². The van der Waals surface area contributed by atoms with Gasteiger partial charge in [0.05, 0.1) is 11.1 Å². The molecule has 0 saturated heterocycles. The van der Waals surface area contributed by atoms with E-state index in [9.17, 15) is 14.0 Å². The van der Waals surface area contributed by atoms with Crippen LogP contribution in [0.1, 0.15) is 29.3 Å². The fourth-order valence-electron chi connectivity index (χ4n) is 1.84. The van der Waals surface area contributed by atoms with Gasteiger partial charge in [-0.1, -0.05) is 13.0 Å². The monoisotopic (exact) mass is 339 g/mol. The number of carbonyl (C=O) groups excluding carboxylic acids is 2. The molecule has 0 saturated carbocycles. The molecule has 2 aromatic carbocycles. The number of hydrogen-bond acceptors (Lipinski definition) is 5. The number of carbonyl (C=O) groups is 2. The lowest BCUT2D eigenvalue weighted by Crippen LogP contribution is -2.09. The molecule has 0 aliphatic heterocycles. The zero-order chi connectivity index (χ0) is 18.2. The molecule has 5 nitrogen and oxygen atoms in total. The van der Waals surface area contributed by atoms with E-state index < -0.39 is 17.8 Å². The van der Waals surface area contributed by atoms with Gasteiger partial charge in [0.15, 0.2) is 0 Å². The molecular formula is C19H14FNO4. The Labute approximate surface area is 143 Å². The third-order valence-electron chi connectivity index (χ3n) is 3.07. The quantitative estimate of drug-likeness (QED) is 0.470. The lowest BCUT2D eigenvalue weighted by Gasteiger charge is -2.06. The van der Waals surface area contributed by atoms with E-state index in [0.717, 1.165) is 12.5 Å². The Morgan fingerprint density at radius 2 is 1.80 bits per heavy atom. The summed E-state index contributed by atoms with van der Waals surface area (Å²) >= 11 is 0. The number of esters is 2. The topological polar surface area (TPSA) is 76.4 Å². The van der Waals surface area contributed by atoms with Crippen molar-refractivity contribution in [1.29, 1.82) is 5.26 Å². The Hall–Kier alpha value is -3.46. The molecule has 0 aromatic heterocycles. The summed E-state index contributed by atoms with van der Waals surface area (Å²) in [5.74, 6) is -1.71. The molecule has 0 aliphatic carbocycles. The highest BCUT2D eigenvalue weighted by molar-refractivity contribution is 5.91. The van der Waals surface area contributed by atoms with E-state index in [1.54, 1.807) is 12.1 Å². The van der Waals surface area contributed by atoms with Crippen LogP contribution < -0.4 is 9.47 Å². The van der Waals surface area contributed by atoms with Gasteiger partial charge in [-0.15, -0.1) is 0 Å². The van der Waals surface area contributed by atoms with Crippen LogP contribution in [0.3, 0.4) is 0 Å². The maximum absolute atomic E-state index is 13.5. The zero-order valence-electron chi connectivity index (χ0n) is 13.4. The van der Waals surface area contributed by atoms with Crippen LogP contribution in [-0.4, -0.2) is 11.9 Å². The predicted molar refractivity (Wildman–Crippen MR) is 87.6 cm³/mol. The first kappa shape index (κ1) is 17.9. The molecule has 0 fully saturated rings. The minimum atomic E-state index is -0.768. The van der Waals surface area contributed by atoms with Crippen LogP contribution in [0.5, 0.6) is 11.5 Å². The smallest absolute Gasteiger partial charge is 0.343 e. The lowest BCUT2D eigenvalue weighted by molar-refractivity contribution is -0.129. The van der Waals surface area contributed by atoms with E-state index in [4.69, 9.17) is 14.7 Å². The largest absolute Gasteiger partial charge is 0.423 e. The molecule has 2 rings (SSSR count). The molecule has 0 aliphatic rings. The fourth-order valence-corrected chi connectivity index (χ4v) is 1.84. The molecule has 0 N–H and O–H groups in total. The Balaban J connectivity index is 2.03. The lowest BCUT2D eigenvalue weighted by atomic mass is 10.2. The van der Waals surface area contributed by atoms with Crippen molar-refractivity contribution in [3.05, 3.63) is 71.6 Å². The highest BCUT2D eigenvalue weighted by atomic mass is 19.1. The van der Waals surface area contributed by atoms with Crippen molar-refractivity contribution >= 4 is 11.9 Å².